The molecule has 1 atom stereocenters. The molecule has 0 radical (unpaired) electrons. The molecular weight excluding hydrogens is 375 g/mol. The lowest BCUT2D eigenvalue weighted by molar-refractivity contribution is 0.371. The van der Waals surface area contributed by atoms with Crippen molar-refractivity contribution in [1.82, 2.24) is 10.2 Å². The number of nitrogens with zero attached hydrogens (tertiary/aromatic N) is 2. The highest BCUT2D eigenvalue weighted by atomic mass is 35.5. The number of furan rings is 1. The van der Waals surface area contributed by atoms with Crippen LogP contribution in [0.3, 0.4) is 0 Å². The summed E-state index contributed by atoms with van der Waals surface area (Å²) in [6, 6.07) is 11.0. The predicted octanol–water partition coefficient (Wildman–Crippen LogP) is 4.50. The second-order valence-electron chi connectivity index (χ2n) is 5.82. The quantitative estimate of drug-likeness (QED) is 0.674. The fourth-order valence-corrected chi connectivity index (χ4v) is 3.29. The number of nitriles is 1. The highest BCUT2D eigenvalue weighted by molar-refractivity contribution is 6.42. The maximum atomic E-state index is 9.57. The van der Waals surface area contributed by atoms with Gasteiger partial charge in [-0.1, -0.05) is 23.2 Å². The molecule has 0 fully saturated rings. The summed E-state index contributed by atoms with van der Waals surface area (Å²) in [5.41, 5.74) is 8.46. The summed E-state index contributed by atoms with van der Waals surface area (Å²) in [5.74, 6) is 1.02. The fourth-order valence-electron chi connectivity index (χ4n) is 3.00. The minimum atomic E-state index is -0.501. The van der Waals surface area contributed by atoms with E-state index in [1.54, 1.807) is 18.2 Å². The van der Waals surface area contributed by atoms with Gasteiger partial charge < -0.3 is 14.9 Å². The number of aryl methyl sites for hydroxylation is 1. The molecule has 1 aliphatic heterocycles. The molecule has 0 spiro atoms. The molecule has 0 saturated heterocycles. The van der Waals surface area contributed by atoms with Crippen molar-refractivity contribution in [2.45, 2.75) is 12.8 Å². The Morgan fingerprint density at radius 2 is 2.04 bits per heavy atom. The lowest BCUT2D eigenvalue weighted by atomic mass is 9.88. The number of fused-ring (bicyclic) bond motifs is 1. The molecule has 3 heterocycles. The number of H-pyrrole nitrogens is 1. The first-order valence-corrected chi connectivity index (χ1v) is 8.42. The van der Waals surface area contributed by atoms with Gasteiger partial charge in [-0.05, 0) is 37.3 Å². The summed E-state index contributed by atoms with van der Waals surface area (Å²) >= 11 is 12.1. The zero-order valence-corrected chi connectivity index (χ0v) is 15.0. The molecule has 0 aliphatic carbocycles. The van der Waals surface area contributed by atoms with Crippen molar-refractivity contribution >= 4 is 23.2 Å². The number of rotatable bonds is 2. The summed E-state index contributed by atoms with van der Waals surface area (Å²) in [5, 5.41) is 17.4. The monoisotopic (exact) mass is 386 g/mol. The van der Waals surface area contributed by atoms with Gasteiger partial charge in [-0.2, -0.15) is 5.26 Å². The van der Waals surface area contributed by atoms with Crippen LogP contribution in [-0.4, -0.2) is 10.2 Å². The maximum absolute atomic E-state index is 9.57. The van der Waals surface area contributed by atoms with Gasteiger partial charge >= 0.3 is 0 Å². The molecule has 8 heteroatoms. The molecule has 0 saturated carbocycles. The fraction of sp³-hybridized carbons (Fsp3) is 0.111. The molecule has 1 unspecified atom stereocenters. The first-order chi connectivity index (χ1) is 12.5. The number of allylic oxidation sites excluding steroid dienone is 1. The molecule has 130 valence electrons. The van der Waals surface area contributed by atoms with Gasteiger partial charge in [-0.3, -0.25) is 5.10 Å². The van der Waals surface area contributed by atoms with E-state index >= 15 is 0 Å². The Morgan fingerprint density at radius 3 is 2.77 bits per heavy atom. The van der Waals surface area contributed by atoms with Crippen molar-refractivity contribution in [3.8, 4) is 23.3 Å². The van der Waals surface area contributed by atoms with Gasteiger partial charge in [0.05, 0.1) is 21.5 Å². The Balaban J connectivity index is 1.83. The molecule has 0 bridgehead atoms. The molecule has 1 aliphatic rings. The number of aromatic amines is 1. The average Bonchev–Trinajstić information content (AvgIpc) is 3.24. The van der Waals surface area contributed by atoms with E-state index in [0.29, 0.717) is 27.4 Å². The minimum absolute atomic E-state index is 0.0176. The first-order valence-electron chi connectivity index (χ1n) is 7.67. The first kappa shape index (κ1) is 16.6. The van der Waals surface area contributed by atoms with Crippen molar-refractivity contribution in [2.24, 2.45) is 5.73 Å². The van der Waals surface area contributed by atoms with E-state index in [0.717, 1.165) is 16.8 Å². The molecule has 1 aromatic carbocycles. The summed E-state index contributed by atoms with van der Waals surface area (Å²) in [4.78, 5) is 0. The maximum Gasteiger partial charge on any atom is 0.244 e. The Morgan fingerprint density at radius 1 is 1.23 bits per heavy atom. The van der Waals surface area contributed by atoms with Crippen LogP contribution in [0.25, 0.3) is 11.3 Å². The summed E-state index contributed by atoms with van der Waals surface area (Å²) in [7, 11) is 0. The largest absolute Gasteiger partial charge is 0.460 e. The van der Waals surface area contributed by atoms with E-state index in [4.69, 9.17) is 38.1 Å². The zero-order chi connectivity index (χ0) is 18.4. The number of hydrogen-bond donors (Lipinski definition) is 2. The SMILES string of the molecule is Cc1[nH]nc2c1C(c1ccc(-c3ccc(Cl)c(Cl)c3)o1)C(C#N)=C(N)O2. The lowest BCUT2D eigenvalue weighted by Crippen LogP contribution is -2.20. The molecule has 26 heavy (non-hydrogen) atoms. The Labute approximate surface area is 158 Å². The number of halogens is 2. The van der Waals surface area contributed by atoms with Crippen molar-refractivity contribution in [3.63, 3.8) is 0 Å². The van der Waals surface area contributed by atoms with Crippen LogP contribution >= 0.6 is 23.2 Å². The Hall–Kier alpha value is -2.88. The standard InChI is InChI=1S/C18H12Cl2N4O2/c1-8-15-16(10(7-21)17(22)26-18(15)24-23-8)14-5-4-13(25-14)9-2-3-11(19)12(20)6-9/h2-6,16H,22H2,1H3,(H,23,24). The topological polar surface area (TPSA) is 101 Å². The zero-order valence-electron chi connectivity index (χ0n) is 13.5. The highest BCUT2D eigenvalue weighted by Gasteiger charge is 2.36. The molecule has 3 N–H and O–H groups in total. The van der Waals surface area contributed by atoms with Crippen LogP contribution in [0.4, 0.5) is 0 Å². The van der Waals surface area contributed by atoms with E-state index in [-0.39, 0.29) is 11.5 Å². The third kappa shape index (κ3) is 2.53. The average molecular weight is 387 g/mol. The van der Waals surface area contributed by atoms with Gasteiger partial charge in [0.25, 0.3) is 0 Å². The normalized spacial score (nSPS) is 16.2. The van der Waals surface area contributed by atoms with E-state index in [1.807, 2.05) is 19.1 Å². The van der Waals surface area contributed by atoms with Crippen molar-refractivity contribution < 1.29 is 9.15 Å². The smallest absolute Gasteiger partial charge is 0.244 e. The minimum Gasteiger partial charge on any atom is -0.460 e. The number of ether oxygens (including phenoxy) is 1. The van der Waals surface area contributed by atoms with E-state index in [9.17, 15) is 5.26 Å². The molecule has 3 aromatic rings. The Bertz CT molecular complexity index is 1090. The third-order valence-electron chi connectivity index (χ3n) is 4.24. The highest BCUT2D eigenvalue weighted by Crippen LogP contribution is 2.44. The van der Waals surface area contributed by atoms with Gasteiger partial charge in [0.15, 0.2) is 0 Å². The molecule has 4 rings (SSSR count). The second kappa shape index (κ2) is 6.13. The second-order valence-corrected chi connectivity index (χ2v) is 6.64. The van der Waals surface area contributed by atoms with Crippen LogP contribution in [-0.2, 0) is 0 Å². The van der Waals surface area contributed by atoms with Crippen LogP contribution in [0.15, 0.2) is 46.2 Å². The van der Waals surface area contributed by atoms with Crippen LogP contribution in [0.5, 0.6) is 5.88 Å². The van der Waals surface area contributed by atoms with Crippen LogP contribution in [0.2, 0.25) is 10.0 Å². The number of hydrogen-bond acceptors (Lipinski definition) is 5. The van der Waals surface area contributed by atoms with E-state index < -0.39 is 5.92 Å². The number of aromatic nitrogens is 2. The predicted molar refractivity (Wildman–Crippen MR) is 96.8 cm³/mol. The van der Waals surface area contributed by atoms with Crippen molar-refractivity contribution in [1.29, 1.82) is 5.26 Å². The lowest BCUT2D eigenvalue weighted by Gasteiger charge is -2.21. The molecule has 2 aromatic heterocycles. The molecule has 0 amide bonds. The van der Waals surface area contributed by atoms with Gasteiger partial charge in [-0.25, -0.2) is 0 Å². The van der Waals surface area contributed by atoms with Crippen molar-refractivity contribution in [2.75, 3.05) is 0 Å². The van der Waals surface area contributed by atoms with E-state index in [1.165, 1.54) is 0 Å². The van der Waals surface area contributed by atoms with Crippen LogP contribution in [0.1, 0.15) is 22.9 Å². The Kier molecular flexibility index (Phi) is 3.91. The summed E-state index contributed by atoms with van der Waals surface area (Å²) in [6.45, 7) is 1.85. The third-order valence-corrected chi connectivity index (χ3v) is 4.98. The number of nitrogens with two attached hydrogens (primary N) is 1. The van der Waals surface area contributed by atoms with Gasteiger partial charge in [-0.15, -0.1) is 5.10 Å². The van der Waals surface area contributed by atoms with E-state index in [2.05, 4.69) is 16.3 Å². The van der Waals surface area contributed by atoms with Gasteiger partial charge in [0.1, 0.15) is 23.2 Å². The van der Waals surface area contributed by atoms with Crippen LogP contribution < -0.4 is 10.5 Å². The summed E-state index contributed by atoms with van der Waals surface area (Å²) < 4.78 is 11.5. The van der Waals surface area contributed by atoms with Gasteiger partial charge in [0.2, 0.25) is 11.8 Å². The molecule has 6 nitrogen and oxygen atoms in total. The molecular formula is C18H12Cl2N4O2. The number of benzene rings is 1. The number of nitrogens with one attached hydrogen (secondary N) is 1. The summed E-state index contributed by atoms with van der Waals surface area (Å²) in [6.07, 6.45) is 0. The van der Waals surface area contributed by atoms with Gasteiger partial charge in [0, 0.05) is 11.3 Å². The van der Waals surface area contributed by atoms with Crippen LogP contribution in [0, 0.1) is 18.3 Å². The van der Waals surface area contributed by atoms with Crippen molar-refractivity contribution in [3.05, 3.63) is 68.9 Å².